The predicted octanol–water partition coefficient (Wildman–Crippen LogP) is 0.885. The number of nitrogens with one attached hydrogen (secondary N) is 1. The molecule has 4 nitrogen and oxygen atoms in total. The fourth-order valence-electron chi connectivity index (χ4n) is 2.19. The van der Waals surface area contributed by atoms with E-state index in [0.717, 1.165) is 32.6 Å². The molecule has 1 unspecified atom stereocenters. The van der Waals surface area contributed by atoms with Crippen LogP contribution in [0.3, 0.4) is 0 Å². The topological polar surface area (TPSA) is 49.4 Å². The van der Waals surface area contributed by atoms with E-state index >= 15 is 0 Å². The zero-order chi connectivity index (χ0) is 12.7. The lowest BCUT2D eigenvalue weighted by Gasteiger charge is -2.21. The van der Waals surface area contributed by atoms with Crippen LogP contribution in [-0.4, -0.2) is 57.0 Å². The Morgan fingerprint density at radius 1 is 1.29 bits per heavy atom. The summed E-state index contributed by atoms with van der Waals surface area (Å²) in [5.41, 5.74) is 0. The molecule has 0 aromatic carbocycles. The maximum Gasteiger partial charge on any atom is 0.151 e. The van der Waals surface area contributed by atoms with Crippen LogP contribution in [0.25, 0.3) is 0 Å². The quantitative estimate of drug-likeness (QED) is 0.706. The molecule has 1 atom stereocenters. The SMILES string of the molecule is CCCCN(CC)CCNC1CCS(=O)(=O)C1. The Morgan fingerprint density at radius 3 is 2.59 bits per heavy atom. The molecule has 0 spiro atoms. The molecule has 0 aromatic heterocycles. The number of rotatable bonds is 8. The van der Waals surface area contributed by atoms with E-state index in [1.165, 1.54) is 12.8 Å². The summed E-state index contributed by atoms with van der Waals surface area (Å²) in [7, 11) is -2.74. The van der Waals surface area contributed by atoms with Crippen molar-refractivity contribution in [2.24, 2.45) is 0 Å². The van der Waals surface area contributed by atoms with Gasteiger partial charge in [-0.25, -0.2) is 8.42 Å². The van der Waals surface area contributed by atoms with Crippen LogP contribution in [0.15, 0.2) is 0 Å². The van der Waals surface area contributed by atoms with Gasteiger partial charge in [0.15, 0.2) is 9.84 Å². The van der Waals surface area contributed by atoms with Crippen molar-refractivity contribution in [1.29, 1.82) is 0 Å². The molecule has 1 heterocycles. The molecule has 1 saturated heterocycles. The van der Waals surface area contributed by atoms with E-state index in [2.05, 4.69) is 24.1 Å². The second kappa shape index (κ2) is 7.34. The standard InChI is InChI=1S/C12H26N2O2S/c1-3-5-8-14(4-2)9-7-13-12-6-10-17(15,16)11-12/h12-13H,3-11H2,1-2H3. The van der Waals surface area contributed by atoms with Crippen LogP contribution in [0.4, 0.5) is 0 Å². The highest BCUT2D eigenvalue weighted by Crippen LogP contribution is 2.10. The number of hydrogen-bond acceptors (Lipinski definition) is 4. The highest BCUT2D eigenvalue weighted by atomic mass is 32.2. The summed E-state index contributed by atoms with van der Waals surface area (Å²) >= 11 is 0. The van der Waals surface area contributed by atoms with Crippen LogP contribution in [-0.2, 0) is 9.84 Å². The Hall–Kier alpha value is -0.130. The molecule has 0 bridgehead atoms. The van der Waals surface area contributed by atoms with Gasteiger partial charge in [-0.05, 0) is 25.9 Å². The third kappa shape index (κ3) is 5.84. The van der Waals surface area contributed by atoms with Gasteiger partial charge < -0.3 is 10.2 Å². The molecule has 0 amide bonds. The van der Waals surface area contributed by atoms with Gasteiger partial charge in [-0.2, -0.15) is 0 Å². The van der Waals surface area contributed by atoms with Crippen molar-refractivity contribution >= 4 is 9.84 Å². The Bertz CT molecular complexity index is 304. The van der Waals surface area contributed by atoms with E-state index in [9.17, 15) is 8.42 Å². The van der Waals surface area contributed by atoms with Crippen molar-refractivity contribution in [2.45, 2.75) is 39.2 Å². The number of nitrogens with zero attached hydrogens (tertiary/aromatic N) is 1. The summed E-state index contributed by atoms with van der Waals surface area (Å²) in [6, 6.07) is 0.185. The second-order valence-electron chi connectivity index (χ2n) is 4.84. The Kier molecular flexibility index (Phi) is 6.44. The molecule has 1 aliphatic rings. The first-order valence-electron chi connectivity index (χ1n) is 6.73. The average Bonchev–Trinajstić information content (AvgIpc) is 2.63. The molecule has 1 N–H and O–H groups in total. The minimum absolute atomic E-state index is 0.185. The molecular formula is C12H26N2O2S. The minimum atomic E-state index is -2.74. The first kappa shape index (κ1) is 14.9. The molecular weight excluding hydrogens is 236 g/mol. The molecule has 102 valence electrons. The highest BCUT2D eigenvalue weighted by molar-refractivity contribution is 7.91. The fourth-order valence-corrected chi connectivity index (χ4v) is 3.90. The smallest absolute Gasteiger partial charge is 0.151 e. The summed E-state index contributed by atoms with van der Waals surface area (Å²) < 4.78 is 22.6. The van der Waals surface area contributed by atoms with Crippen molar-refractivity contribution in [3.8, 4) is 0 Å². The maximum atomic E-state index is 11.3. The molecule has 0 saturated carbocycles. The largest absolute Gasteiger partial charge is 0.312 e. The van der Waals surface area contributed by atoms with Crippen molar-refractivity contribution in [3.63, 3.8) is 0 Å². The lowest BCUT2D eigenvalue weighted by Crippen LogP contribution is -2.38. The van der Waals surface area contributed by atoms with Crippen LogP contribution >= 0.6 is 0 Å². The van der Waals surface area contributed by atoms with E-state index in [1.54, 1.807) is 0 Å². The van der Waals surface area contributed by atoms with Crippen LogP contribution in [0.2, 0.25) is 0 Å². The van der Waals surface area contributed by atoms with Gasteiger partial charge >= 0.3 is 0 Å². The van der Waals surface area contributed by atoms with Gasteiger partial charge in [-0.1, -0.05) is 20.3 Å². The lowest BCUT2D eigenvalue weighted by atomic mass is 10.2. The van der Waals surface area contributed by atoms with Crippen LogP contribution in [0, 0.1) is 0 Å². The predicted molar refractivity (Wildman–Crippen MR) is 72.1 cm³/mol. The zero-order valence-electron chi connectivity index (χ0n) is 11.1. The van der Waals surface area contributed by atoms with Gasteiger partial charge in [0.2, 0.25) is 0 Å². The monoisotopic (exact) mass is 262 g/mol. The Labute approximate surface area is 106 Å². The third-order valence-electron chi connectivity index (χ3n) is 3.37. The van der Waals surface area contributed by atoms with Crippen LogP contribution in [0.5, 0.6) is 0 Å². The van der Waals surface area contributed by atoms with E-state index in [4.69, 9.17) is 0 Å². The van der Waals surface area contributed by atoms with Crippen LogP contribution in [0.1, 0.15) is 33.1 Å². The first-order chi connectivity index (χ1) is 8.07. The van der Waals surface area contributed by atoms with Gasteiger partial charge in [-0.3, -0.25) is 0 Å². The lowest BCUT2D eigenvalue weighted by molar-refractivity contribution is 0.279. The van der Waals surface area contributed by atoms with E-state index < -0.39 is 9.84 Å². The summed E-state index contributed by atoms with van der Waals surface area (Å²) in [5, 5.41) is 3.36. The van der Waals surface area contributed by atoms with Crippen molar-refractivity contribution in [2.75, 3.05) is 37.7 Å². The summed E-state index contributed by atoms with van der Waals surface area (Å²) in [5.74, 6) is 0.687. The number of sulfone groups is 1. The molecule has 0 aliphatic carbocycles. The molecule has 1 rings (SSSR count). The molecule has 5 heteroatoms. The maximum absolute atomic E-state index is 11.3. The van der Waals surface area contributed by atoms with E-state index in [-0.39, 0.29) is 6.04 Å². The normalized spacial score (nSPS) is 23.4. The van der Waals surface area contributed by atoms with Crippen LogP contribution < -0.4 is 5.32 Å². The molecule has 0 aromatic rings. The summed E-state index contributed by atoms with van der Waals surface area (Å²) in [4.78, 5) is 2.42. The number of likely N-dealkylation sites (N-methyl/N-ethyl adjacent to an activating group) is 1. The van der Waals surface area contributed by atoms with Crippen molar-refractivity contribution in [3.05, 3.63) is 0 Å². The Morgan fingerprint density at radius 2 is 2.06 bits per heavy atom. The molecule has 1 fully saturated rings. The first-order valence-corrected chi connectivity index (χ1v) is 8.55. The second-order valence-corrected chi connectivity index (χ2v) is 7.07. The number of unbranched alkanes of at least 4 members (excludes halogenated alkanes) is 1. The van der Waals surface area contributed by atoms with Gasteiger partial charge in [-0.15, -0.1) is 0 Å². The molecule has 17 heavy (non-hydrogen) atoms. The van der Waals surface area contributed by atoms with Gasteiger partial charge in [0.1, 0.15) is 0 Å². The zero-order valence-corrected chi connectivity index (χ0v) is 11.9. The van der Waals surface area contributed by atoms with Crippen molar-refractivity contribution < 1.29 is 8.42 Å². The van der Waals surface area contributed by atoms with E-state index in [1.807, 2.05) is 0 Å². The summed E-state index contributed by atoms with van der Waals surface area (Å²) in [6.07, 6.45) is 3.25. The van der Waals surface area contributed by atoms with Crippen molar-refractivity contribution in [1.82, 2.24) is 10.2 Å². The molecule has 1 aliphatic heterocycles. The number of hydrogen-bond donors (Lipinski definition) is 1. The molecule has 0 radical (unpaired) electrons. The van der Waals surface area contributed by atoms with E-state index in [0.29, 0.717) is 11.5 Å². The fraction of sp³-hybridized carbons (Fsp3) is 1.00. The Balaban J connectivity index is 2.14. The van der Waals surface area contributed by atoms with Gasteiger partial charge in [0.05, 0.1) is 11.5 Å². The third-order valence-corrected chi connectivity index (χ3v) is 5.14. The highest BCUT2D eigenvalue weighted by Gasteiger charge is 2.27. The van der Waals surface area contributed by atoms with Gasteiger partial charge in [0, 0.05) is 19.1 Å². The van der Waals surface area contributed by atoms with Gasteiger partial charge in [0.25, 0.3) is 0 Å². The summed E-state index contributed by atoms with van der Waals surface area (Å²) in [6.45, 7) is 8.53. The minimum Gasteiger partial charge on any atom is -0.312 e. The average molecular weight is 262 g/mol.